The average Bonchev–Trinajstić information content (AvgIpc) is 2.90. The minimum Gasteiger partial charge on any atom is -0.356 e. The van der Waals surface area contributed by atoms with Crippen molar-refractivity contribution in [3.8, 4) is 0 Å². The average molecular weight is 334 g/mol. The molecule has 1 amide bonds. The molecule has 0 aromatic carbocycles. The van der Waals surface area contributed by atoms with E-state index in [0.717, 1.165) is 43.9 Å². The van der Waals surface area contributed by atoms with E-state index in [4.69, 9.17) is 0 Å². The zero-order valence-electron chi connectivity index (χ0n) is 15.3. The second-order valence-corrected chi connectivity index (χ2v) is 7.34. The number of carbonyl (C=O) groups excluding carboxylic acids is 1. The molecular weight excluding hydrogens is 304 g/mol. The van der Waals surface area contributed by atoms with E-state index in [0.29, 0.717) is 30.4 Å². The molecule has 24 heavy (non-hydrogen) atoms. The van der Waals surface area contributed by atoms with Gasteiger partial charge in [-0.05, 0) is 50.6 Å². The molecule has 2 N–H and O–H groups in total. The van der Waals surface area contributed by atoms with E-state index in [9.17, 15) is 9.59 Å². The fourth-order valence-electron chi connectivity index (χ4n) is 3.47. The maximum atomic E-state index is 12.1. The van der Waals surface area contributed by atoms with Crippen molar-refractivity contribution in [2.24, 2.45) is 11.8 Å². The predicted octanol–water partition coefficient (Wildman–Crippen LogP) is 1.41. The summed E-state index contributed by atoms with van der Waals surface area (Å²) in [5.74, 6) is 1.32. The Morgan fingerprint density at radius 3 is 2.83 bits per heavy atom. The van der Waals surface area contributed by atoms with Crippen LogP contribution in [-0.4, -0.2) is 47.0 Å². The van der Waals surface area contributed by atoms with Gasteiger partial charge in [-0.1, -0.05) is 13.8 Å². The van der Waals surface area contributed by atoms with Crippen LogP contribution in [-0.2, 0) is 11.2 Å². The number of nitrogens with zero attached hydrogens (tertiary/aromatic N) is 2. The summed E-state index contributed by atoms with van der Waals surface area (Å²) < 4.78 is 0. The Morgan fingerprint density at radius 2 is 2.17 bits per heavy atom. The van der Waals surface area contributed by atoms with Crippen LogP contribution in [0, 0.1) is 25.7 Å². The number of hydrogen-bond acceptors (Lipinski definition) is 4. The van der Waals surface area contributed by atoms with E-state index in [-0.39, 0.29) is 11.6 Å². The maximum Gasteiger partial charge on any atom is 0.345 e. The van der Waals surface area contributed by atoms with Crippen LogP contribution < -0.4 is 11.0 Å². The molecule has 0 aliphatic carbocycles. The lowest BCUT2D eigenvalue weighted by molar-refractivity contribution is -0.121. The molecule has 0 radical (unpaired) electrons. The van der Waals surface area contributed by atoms with Crippen molar-refractivity contribution < 1.29 is 4.79 Å². The number of aromatic nitrogens is 2. The third-order valence-electron chi connectivity index (χ3n) is 4.64. The quantitative estimate of drug-likeness (QED) is 0.790. The molecule has 0 bridgehead atoms. The third-order valence-corrected chi connectivity index (χ3v) is 4.64. The van der Waals surface area contributed by atoms with Gasteiger partial charge < -0.3 is 15.2 Å². The van der Waals surface area contributed by atoms with Crippen LogP contribution in [0.4, 0.5) is 0 Å². The lowest BCUT2D eigenvalue weighted by Gasteiger charge is -2.18. The molecule has 6 nitrogen and oxygen atoms in total. The largest absolute Gasteiger partial charge is 0.356 e. The molecule has 1 aliphatic rings. The van der Waals surface area contributed by atoms with Gasteiger partial charge in [0, 0.05) is 37.4 Å². The van der Waals surface area contributed by atoms with Crippen LogP contribution in [0.15, 0.2) is 4.79 Å². The number of H-pyrrole nitrogens is 1. The highest BCUT2D eigenvalue weighted by molar-refractivity contribution is 5.76. The molecule has 1 aromatic heterocycles. The lowest BCUT2D eigenvalue weighted by Crippen LogP contribution is -2.32. The van der Waals surface area contributed by atoms with E-state index >= 15 is 0 Å². The predicted molar refractivity (Wildman–Crippen MR) is 95.0 cm³/mol. The van der Waals surface area contributed by atoms with Gasteiger partial charge in [0.25, 0.3) is 0 Å². The highest BCUT2D eigenvalue weighted by Crippen LogP contribution is 2.16. The summed E-state index contributed by atoms with van der Waals surface area (Å²) in [5, 5.41) is 3.06. The summed E-state index contributed by atoms with van der Waals surface area (Å²) in [5.41, 5.74) is 2.16. The van der Waals surface area contributed by atoms with Crippen molar-refractivity contribution in [1.82, 2.24) is 20.2 Å². The number of rotatable bonds is 7. The fourth-order valence-corrected chi connectivity index (χ4v) is 3.47. The van der Waals surface area contributed by atoms with Gasteiger partial charge in [-0.2, -0.15) is 4.98 Å². The first-order valence-corrected chi connectivity index (χ1v) is 8.90. The molecule has 1 unspecified atom stereocenters. The van der Waals surface area contributed by atoms with Crippen molar-refractivity contribution in [2.75, 3.05) is 26.2 Å². The van der Waals surface area contributed by atoms with Gasteiger partial charge in [-0.15, -0.1) is 0 Å². The van der Waals surface area contributed by atoms with Gasteiger partial charge in [0.15, 0.2) is 0 Å². The molecule has 0 spiro atoms. The lowest BCUT2D eigenvalue weighted by atomic mass is 10.1. The molecular formula is C18H30N4O2. The number of aromatic amines is 1. The second kappa shape index (κ2) is 8.42. The molecule has 0 saturated carbocycles. The van der Waals surface area contributed by atoms with Crippen LogP contribution in [0.1, 0.15) is 43.6 Å². The van der Waals surface area contributed by atoms with Crippen LogP contribution in [0.5, 0.6) is 0 Å². The van der Waals surface area contributed by atoms with Crippen LogP contribution >= 0.6 is 0 Å². The van der Waals surface area contributed by atoms with Crippen molar-refractivity contribution in [3.05, 3.63) is 27.4 Å². The highest BCUT2D eigenvalue weighted by Gasteiger charge is 2.23. The zero-order valence-corrected chi connectivity index (χ0v) is 15.3. The Bertz CT molecular complexity index is 598. The summed E-state index contributed by atoms with van der Waals surface area (Å²) in [6, 6.07) is 0. The number of hydrogen-bond donors (Lipinski definition) is 2. The summed E-state index contributed by atoms with van der Waals surface area (Å²) in [4.78, 5) is 32.5. The Labute approximate surface area is 144 Å². The first-order valence-electron chi connectivity index (χ1n) is 8.90. The van der Waals surface area contributed by atoms with Crippen molar-refractivity contribution in [1.29, 1.82) is 0 Å². The molecule has 2 rings (SSSR count). The molecule has 1 atom stereocenters. The summed E-state index contributed by atoms with van der Waals surface area (Å²) >= 11 is 0. The Balaban J connectivity index is 1.74. The van der Waals surface area contributed by atoms with Gasteiger partial charge in [0.1, 0.15) is 0 Å². The summed E-state index contributed by atoms with van der Waals surface area (Å²) in [6.07, 6.45) is 2.20. The van der Waals surface area contributed by atoms with E-state index in [2.05, 4.69) is 34.0 Å². The van der Waals surface area contributed by atoms with E-state index in [1.54, 1.807) is 0 Å². The number of likely N-dealkylation sites (tertiary alicyclic amines) is 1. The zero-order chi connectivity index (χ0) is 17.7. The molecule has 1 saturated heterocycles. The molecule has 6 heteroatoms. The van der Waals surface area contributed by atoms with Crippen LogP contribution in [0.2, 0.25) is 0 Å². The second-order valence-electron chi connectivity index (χ2n) is 7.34. The molecule has 1 aliphatic heterocycles. The van der Waals surface area contributed by atoms with Gasteiger partial charge >= 0.3 is 5.69 Å². The number of aryl methyl sites for hydroxylation is 2. The minimum absolute atomic E-state index is 0.0716. The van der Waals surface area contributed by atoms with Crippen LogP contribution in [0.3, 0.4) is 0 Å². The first-order chi connectivity index (χ1) is 11.3. The molecule has 1 fully saturated rings. The van der Waals surface area contributed by atoms with E-state index < -0.39 is 0 Å². The van der Waals surface area contributed by atoms with Crippen molar-refractivity contribution in [3.63, 3.8) is 0 Å². The minimum atomic E-state index is -0.328. The summed E-state index contributed by atoms with van der Waals surface area (Å²) in [6.45, 7) is 12.3. The van der Waals surface area contributed by atoms with Gasteiger partial charge in [0.05, 0.1) is 0 Å². The van der Waals surface area contributed by atoms with Gasteiger partial charge in [-0.25, -0.2) is 4.79 Å². The Hall–Kier alpha value is -1.69. The first kappa shape index (κ1) is 18.6. The van der Waals surface area contributed by atoms with E-state index in [1.807, 2.05) is 13.8 Å². The Morgan fingerprint density at radius 1 is 1.42 bits per heavy atom. The van der Waals surface area contributed by atoms with Crippen molar-refractivity contribution >= 4 is 5.91 Å². The fraction of sp³-hybridized carbons (Fsp3) is 0.722. The highest BCUT2D eigenvalue weighted by atomic mass is 16.1. The van der Waals surface area contributed by atoms with E-state index in [1.165, 1.54) is 0 Å². The third kappa shape index (κ3) is 5.44. The number of amides is 1. The molecule has 2 heterocycles. The SMILES string of the molecule is Cc1nc(=O)[nH]c(C)c1CCC(=O)NCC1CCN(CC(C)C)C1. The van der Waals surface area contributed by atoms with Crippen LogP contribution in [0.25, 0.3) is 0 Å². The van der Waals surface area contributed by atoms with Gasteiger partial charge in [0.2, 0.25) is 5.91 Å². The Kier molecular flexibility index (Phi) is 6.54. The van der Waals surface area contributed by atoms with Crippen molar-refractivity contribution in [2.45, 2.75) is 47.0 Å². The smallest absolute Gasteiger partial charge is 0.345 e. The molecule has 134 valence electrons. The van der Waals surface area contributed by atoms with Gasteiger partial charge in [-0.3, -0.25) is 4.79 Å². The topological polar surface area (TPSA) is 78.1 Å². The normalized spacial score (nSPS) is 18.3. The summed E-state index contributed by atoms with van der Waals surface area (Å²) in [7, 11) is 0. The number of carbonyl (C=O) groups is 1. The maximum absolute atomic E-state index is 12.1. The number of nitrogens with one attached hydrogen (secondary N) is 2. The standard InChI is InChI=1S/C18H30N4O2/c1-12(2)10-22-8-7-15(11-22)9-19-17(23)6-5-16-13(3)20-18(24)21-14(16)4/h12,15H,5-11H2,1-4H3,(H,19,23)(H,20,21,24). The monoisotopic (exact) mass is 334 g/mol. The molecule has 1 aromatic rings.